The number of carbonyl (C=O) groups excluding carboxylic acids is 1. The highest BCUT2D eigenvalue weighted by Gasteiger charge is 2.86. The second-order valence-corrected chi connectivity index (χ2v) is 14.9. The van der Waals surface area contributed by atoms with Gasteiger partial charge in [-0.15, -0.1) is 0 Å². The molecule has 0 bridgehead atoms. The topological polar surface area (TPSA) is 100 Å². The molecular formula is C45H84O10. The zero-order valence-electron chi connectivity index (χ0n) is 37.2. The average Bonchev–Trinajstić information content (AvgIpc) is 3.17. The molecule has 0 aromatic heterocycles. The minimum Gasteiger partial charge on any atom is -0.491 e. The number of esters is 1. The lowest BCUT2D eigenvalue weighted by Crippen LogP contribution is -2.85. The molecule has 10 heteroatoms. The van der Waals surface area contributed by atoms with Crippen LogP contribution in [0, 0.1) is 0 Å². The van der Waals surface area contributed by atoms with Crippen molar-refractivity contribution in [1.29, 1.82) is 0 Å². The SMILES string of the molecule is C=C(C)C(=O)OC1(OCCCC)C(OCCCC)=C(OCCCC)C(CCC)(OCCCC)C(OCCCC)(OCCCC)C1(OCCCC)OCCCC. The Morgan fingerprint density at radius 1 is 0.455 bits per heavy atom. The monoisotopic (exact) mass is 785 g/mol. The van der Waals surface area contributed by atoms with Gasteiger partial charge < -0.3 is 42.6 Å². The van der Waals surface area contributed by atoms with Crippen LogP contribution in [0.15, 0.2) is 23.7 Å². The van der Waals surface area contributed by atoms with Crippen LogP contribution in [0.2, 0.25) is 0 Å². The van der Waals surface area contributed by atoms with Gasteiger partial charge in [-0.25, -0.2) is 4.79 Å². The lowest BCUT2D eigenvalue weighted by Gasteiger charge is -2.63. The smallest absolute Gasteiger partial charge is 0.337 e. The van der Waals surface area contributed by atoms with Crippen LogP contribution in [-0.2, 0) is 47.4 Å². The summed E-state index contributed by atoms with van der Waals surface area (Å²) in [6.07, 6.45) is 13.8. The largest absolute Gasteiger partial charge is 0.491 e. The average molecular weight is 785 g/mol. The summed E-state index contributed by atoms with van der Waals surface area (Å²) in [6, 6.07) is 0. The Morgan fingerprint density at radius 2 is 0.800 bits per heavy atom. The predicted molar refractivity (Wildman–Crippen MR) is 221 cm³/mol. The normalized spacial score (nSPS) is 20.5. The molecule has 0 radical (unpaired) electrons. The van der Waals surface area contributed by atoms with Gasteiger partial charge in [0.25, 0.3) is 5.79 Å². The first-order valence-electron chi connectivity index (χ1n) is 22.4. The second-order valence-electron chi connectivity index (χ2n) is 14.9. The summed E-state index contributed by atoms with van der Waals surface area (Å²) in [5.41, 5.74) is -1.29. The van der Waals surface area contributed by atoms with E-state index in [2.05, 4.69) is 68.9 Å². The van der Waals surface area contributed by atoms with Crippen molar-refractivity contribution in [3.8, 4) is 0 Å². The van der Waals surface area contributed by atoms with Gasteiger partial charge in [-0.2, -0.15) is 0 Å². The summed E-state index contributed by atoms with van der Waals surface area (Å²) in [7, 11) is 0. The molecule has 1 rings (SSSR count). The van der Waals surface area contributed by atoms with Gasteiger partial charge in [-0.05, 0) is 64.7 Å². The van der Waals surface area contributed by atoms with Crippen molar-refractivity contribution in [2.45, 2.75) is 208 Å². The highest BCUT2D eigenvalue weighted by atomic mass is 16.9. The molecule has 0 heterocycles. The molecule has 0 saturated heterocycles. The third-order valence-corrected chi connectivity index (χ3v) is 9.81. The first-order chi connectivity index (χ1) is 26.6. The van der Waals surface area contributed by atoms with E-state index in [0.29, 0.717) is 57.7 Å². The van der Waals surface area contributed by atoms with Crippen molar-refractivity contribution < 1.29 is 47.4 Å². The fraction of sp³-hybridized carbons (Fsp3) is 0.889. The van der Waals surface area contributed by atoms with Crippen molar-refractivity contribution in [1.82, 2.24) is 0 Å². The number of carbonyl (C=O) groups is 1. The van der Waals surface area contributed by atoms with Gasteiger partial charge in [0.05, 0.1) is 46.2 Å². The molecule has 1 aliphatic carbocycles. The molecule has 10 nitrogen and oxygen atoms in total. The molecule has 0 aromatic rings. The van der Waals surface area contributed by atoms with Crippen molar-refractivity contribution >= 4 is 5.97 Å². The molecule has 2 unspecified atom stereocenters. The highest BCUT2D eigenvalue weighted by molar-refractivity contribution is 5.87. The van der Waals surface area contributed by atoms with E-state index < -0.39 is 28.9 Å². The summed E-state index contributed by atoms with van der Waals surface area (Å²) in [5, 5.41) is 0. The summed E-state index contributed by atoms with van der Waals surface area (Å²) in [4.78, 5) is 14.3. The Labute approximate surface area is 337 Å². The van der Waals surface area contributed by atoms with E-state index in [-0.39, 0.29) is 44.4 Å². The quantitative estimate of drug-likeness (QED) is 0.0264. The predicted octanol–water partition coefficient (Wildman–Crippen LogP) is 11.5. The van der Waals surface area contributed by atoms with Crippen LogP contribution in [-0.4, -0.2) is 81.8 Å². The third kappa shape index (κ3) is 13.2. The third-order valence-electron chi connectivity index (χ3n) is 9.81. The molecule has 0 saturated carbocycles. The second kappa shape index (κ2) is 28.7. The molecule has 0 aromatic carbocycles. The zero-order valence-corrected chi connectivity index (χ0v) is 37.2. The van der Waals surface area contributed by atoms with E-state index in [1.54, 1.807) is 6.92 Å². The van der Waals surface area contributed by atoms with Crippen LogP contribution in [0.1, 0.15) is 185 Å². The number of rotatable bonds is 36. The van der Waals surface area contributed by atoms with Gasteiger partial charge in [-0.1, -0.05) is 127 Å². The summed E-state index contributed by atoms with van der Waals surface area (Å²) < 4.78 is 64.8. The Balaban J connectivity index is 5.05. The van der Waals surface area contributed by atoms with Gasteiger partial charge in [-0.3, -0.25) is 0 Å². The lowest BCUT2D eigenvalue weighted by molar-refractivity contribution is -0.521. The van der Waals surface area contributed by atoms with Gasteiger partial charge in [0.2, 0.25) is 5.76 Å². The first kappa shape index (κ1) is 51.3. The van der Waals surface area contributed by atoms with Gasteiger partial charge in [0, 0.05) is 12.2 Å². The van der Waals surface area contributed by atoms with Crippen LogP contribution in [0.5, 0.6) is 0 Å². The van der Waals surface area contributed by atoms with Gasteiger partial charge in [0.15, 0.2) is 11.4 Å². The van der Waals surface area contributed by atoms with E-state index in [1.807, 2.05) is 0 Å². The number of hydrogen-bond donors (Lipinski definition) is 0. The fourth-order valence-electron chi connectivity index (χ4n) is 6.56. The molecule has 0 amide bonds. The Morgan fingerprint density at radius 3 is 1.18 bits per heavy atom. The minimum absolute atomic E-state index is 0.175. The van der Waals surface area contributed by atoms with Crippen LogP contribution in [0.25, 0.3) is 0 Å². The molecule has 0 fully saturated rings. The lowest BCUT2D eigenvalue weighted by atomic mass is 9.70. The van der Waals surface area contributed by atoms with Crippen LogP contribution in [0.4, 0.5) is 0 Å². The molecule has 0 aliphatic heterocycles. The van der Waals surface area contributed by atoms with E-state index in [9.17, 15) is 4.79 Å². The molecule has 0 N–H and O–H groups in total. The molecule has 0 spiro atoms. The Kier molecular flexibility index (Phi) is 26.8. The first-order valence-corrected chi connectivity index (χ1v) is 22.4. The maximum atomic E-state index is 14.3. The van der Waals surface area contributed by atoms with Crippen LogP contribution < -0.4 is 0 Å². The van der Waals surface area contributed by atoms with E-state index in [4.69, 9.17) is 42.6 Å². The number of ether oxygens (including phenoxy) is 9. The maximum absolute atomic E-state index is 14.3. The van der Waals surface area contributed by atoms with Crippen molar-refractivity contribution in [2.24, 2.45) is 0 Å². The Hall–Kier alpha value is -1.69. The number of unbranched alkanes of at least 4 members (excludes halogenated alkanes) is 8. The standard InChI is InChI=1S/C45H84O10/c1-12-21-30-47-39-40(48-31-22-13-2)43(50-33-24-15-4,55-41(46)38(10)11)45(53-36-27-18-7,54-37-28-19-8)44(51-34-25-16-5,52-35-26-17-6)42(39,29-20-9)49-32-23-14-3/h10,12-37H2,1-9,11H3. The van der Waals surface area contributed by atoms with Crippen LogP contribution >= 0.6 is 0 Å². The van der Waals surface area contributed by atoms with E-state index >= 15 is 0 Å². The molecule has 1 aliphatic rings. The summed E-state index contributed by atoms with van der Waals surface area (Å²) >= 11 is 0. The molecule has 2 atom stereocenters. The maximum Gasteiger partial charge on any atom is 0.337 e. The Bertz CT molecular complexity index is 1040. The summed E-state index contributed by atoms with van der Waals surface area (Å²) in [6.45, 7) is 26.9. The summed E-state index contributed by atoms with van der Waals surface area (Å²) in [5.74, 6) is -6.35. The highest BCUT2D eigenvalue weighted by Crippen LogP contribution is 2.62. The van der Waals surface area contributed by atoms with Crippen molar-refractivity contribution in [3.05, 3.63) is 23.7 Å². The van der Waals surface area contributed by atoms with E-state index in [1.165, 1.54) is 0 Å². The number of hydrogen-bond acceptors (Lipinski definition) is 10. The molecule has 55 heavy (non-hydrogen) atoms. The van der Waals surface area contributed by atoms with Crippen LogP contribution in [0.3, 0.4) is 0 Å². The van der Waals surface area contributed by atoms with Crippen molar-refractivity contribution in [2.75, 3.05) is 52.9 Å². The van der Waals surface area contributed by atoms with E-state index in [0.717, 1.165) is 83.5 Å². The van der Waals surface area contributed by atoms with Gasteiger partial charge in [0.1, 0.15) is 0 Å². The van der Waals surface area contributed by atoms with Gasteiger partial charge >= 0.3 is 17.5 Å². The fourth-order valence-corrected chi connectivity index (χ4v) is 6.56. The molecule has 324 valence electrons. The minimum atomic E-state index is -2.20. The van der Waals surface area contributed by atoms with Crippen molar-refractivity contribution in [3.63, 3.8) is 0 Å². The molecular weight excluding hydrogens is 700 g/mol. The zero-order chi connectivity index (χ0) is 41.1.